The Balaban J connectivity index is 2.43. The summed E-state index contributed by atoms with van der Waals surface area (Å²) in [5, 5.41) is 34.4. The molecular formula is C18H19N5O4S2. The number of unbranched alkanes of at least 4 members (excludes halogenated alkanes) is 1. The highest BCUT2D eigenvalue weighted by molar-refractivity contribution is 7.99. The summed E-state index contributed by atoms with van der Waals surface area (Å²) < 4.78 is 27.1. The third-order valence-corrected chi connectivity index (χ3v) is 5.87. The summed E-state index contributed by atoms with van der Waals surface area (Å²) in [4.78, 5) is 4.18. The van der Waals surface area contributed by atoms with Gasteiger partial charge in [-0.2, -0.15) is 10.5 Å². The molecule has 0 radical (unpaired) electrons. The number of benzene rings is 1. The van der Waals surface area contributed by atoms with Crippen LogP contribution in [0, 0.1) is 22.7 Å². The molecule has 0 unspecified atom stereocenters. The van der Waals surface area contributed by atoms with Crippen LogP contribution in [0.3, 0.4) is 0 Å². The molecule has 0 saturated carbocycles. The fraction of sp³-hybridized carbons (Fsp3) is 0.278. The predicted octanol–water partition coefficient (Wildman–Crippen LogP) is 1.95. The molecule has 29 heavy (non-hydrogen) atoms. The molecule has 0 aliphatic rings. The summed E-state index contributed by atoms with van der Waals surface area (Å²) in [7, 11) is -2.13. The standard InChI is InChI=1S/C18H19N5O4S2/c1-27-15-8-11(4-5-14(15)24)16-12(9-19)17(21)23-18(13(16)10-20)28-6-2-3-7-29(22,25)26/h4-5,8,24H,2-3,6-7H2,1H3,(H2,21,23)(H2,22,25,26). The van der Waals surface area contributed by atoms with Crippen molar-refractivity contribution in [2.24, 2.45) is 5.14 Å². The first-order valence-corrected chi connectivity index (χ1v) is 11.1. The quantitative estimate of drug-likeness (QED) is 0.414. The Morgan fingerprint density at radius 1 is 1.24 bits per heavy atom. The molecule has 9 nitrogen and oxygen atoms in total. The van der Waals surface area contributed by atoms with Crippen LogP contribution in [-0.2, 0) is 10.0 Å². The molecule has 152 valence electrons. The lowest BCUT2D eigenvalue weighted by atomic mass is 9.96. The van der Waals surface area contributed by atoms with E-state index in [9.17, 15) is 24.0 Å². The van der Waals surface area contributed by atoms with Gasteiger partial charge in [0.15, 0.2) is 11.5 Å². The van der Waals surface area contributed by atoms with Crippen LogP contribution in [0.5, 0.6) is 11.5 Å². The number of nitrogens with two attached hydrogens (primary N) is 2. The Kier molecular flexibility index (Phi) is 7.29. The molecule has 0 aliphatic heterocycles. The number of hydrogen-bond acceptors (Lipinski definition) is 9. The zero-order valence-corrected chi connectivity index (χ0v) is 17.2. The van der Waals surface area contributed by atoms with Gasteiger partial charge < -0.3 is 15.6 Å². The van der Waals surface area contributed by atoms with E-state index in [0.29, 0.717) is 34.7 Å². The van der Waals surface area contributed by atoms with Crippen molar-refractivity contribution in [1.82, 2.24) is 4.98 Å². The average Bonchev–Trinajstić information content (AvgIpc) is 2.66. The maximum Gasteiger partial charge on any atom is 0.209 e. The third kappa shape index (κ3) is 5.51. The van der Waals surface area contributed by atoms with Gasteiger partial charge in [0, 0.05) is 5.56 Å². The van der Waals surface area contributed by atoms with E-state index < -0.39 is 10.0 Å². The number of sulfonamides is 1. The molecule has 11 heteroatoms. The molecule has 2 aromatic rings. The predicted molar refractivity (Wildman–Crippen MR) is 110 cm³/mol. The van der Waals surface area contributed by atoms with Gasteiger partial charge in [0.1, 0.15) is 28.5 Å². The minimum Gasteiger partial charge on any atom is -0.504 e. The fourth-order valence-corrected chi connectivity index (χ4v) is 4.20. The molecule has 0 amide bonds. The summed E-state index contributed by atoms with van der Waals surface area (Å²) in [5.41, 5.74) is 6.93. The monoisotopic (exact) mass is 433 g/mol. The maximum absolute atomic E-state index is 11.0. The van der Waals surface area contributed by atoms with E-state index in [1.165, 1.54) is 31.0 Å². The second kappa shape index (κ2) is 9.47. The van der Waals surface area contributed by atoms with Crippen LogP contribution < -0.4 is 15.6 Å². The number of anilines is 1. The molecule has 2 rings (SSSR count). The van der Waals surface area contributed by atoms with Gasteiger partial charge in [-0.15, -0.1) is 11.8 Å². The van der Waals surface area contributed by atoms with Crippen molar-refractivity contribution >= 4 is 27.6 Å². The van der Waals surface area contributed by atoms with Gasteiger partial charge in [-0.3, -0.25) is 0 Å². The lowest BCUT2D eigenvalue weighted by Gasteiger charge is -2.14. The van der Waals surface area contributed by atoms with Gasteiger partial charge in [-0.1, -0.05) is 6.07 Å². The molecule has 0 bridgehead atoms. The van der Waals surface area contributed by atoms with Crippen molar-refractivity contribution in [1.29, 1.82) is 10.5 Å². The summed E-state index contributed by atoms with van der Waals surface area (Å²) in [6.45, 7) is 0. The second-order valence-electron chi connectivity index (χ2n) is 5.96. The maximum atomic E-state index is 11.0. The Hall–Kier alpha value is -2.99. The number of rotatable bonds is 8. The van der Waals surface area contributed by atoms with E-state index >= 15 is 0 Å². The van der Waals surface area contributed by atoms with Crippen molar-refractivity contribution in [3.8, 4) is 34.8 Å². The van der Waals surface area contributed by atoms with Gasteiger partial charge >= 0.3 is 0 Å². The highest BCUT2D eigenvalue weighted by Gasteiger charge is 2.21. The number of ether oxygens (including phenoxy) is 1. The van der Waals surface area contributed by atoms with Gasteiger partial charge in [0.05, 0.1) is 18.4 Å². The highest BCUT2D eigenvalue weighted by Crippen LogP contribution is 2.39. The number of aromatic nitrogens is 1. The van der Waals surface area contributed by atoms with E-state index in [4.69, 9.17) is 15.6 Å². The molecule has 0 atom stereocenters. The minimum atomic E-state index is -3.52. The van der Waals surface area contributed by atoms with E-state index in [2.05, 4.69) is 11.1 Å². The van der Waals surface area contributed by atoms with Crippen LogP contribution in [-0.4, -0.2) is 37.1 Å². The SMILES string of the molecule is COc1cc(-c2c(C#N)c(N)nc(SCCCCS(N)(=O)=O)c2C#N)ccc1O. The number of nitriles is 2. The Morgan fingerprint density at radius 2 is 1.93 bits per heavy atom. The average molecular weight is 434 g/mol. The van der Waals surface area contributed by atoms with E-state index in [0.717, 1.165) is 0 Å². The smallest absolute Gasteiger partial charge is 0.209 e. The first kappa shape index (κ1) is 22.3. The topological polar surface area (TPSA) is 176 Å². The van der Waals surface area contributed by atoms with Gasteiger partial charge in [0.2, 0.25) is 10.0 Å². The molecule has 1 aromatic carbocycles. The number of phenolic OH excluding ortho intramolecular Hbond substituents is 1. The van der Waals surface area contributed by atoms with Crippen molar-refractivity contribution in [2.45, 2.75) is 17.9 Å². The largest absolute Gasteiger partial charge is 0.504 e. The summed E-state index contributed by atoms with van der Waals surface area (Å²) in [5.74, 6) is 0.435. The number of pyridine rings is 1. The van der Waals surface area contributed by atoms with Crippen molar-refractivity contribution < 1.29 is 18.3 Å². The Bertz CT molecular complexity index is 1100. The normalized spacial score (nSPS) is 10.9. The molecule has 0 fully saturated rings. The first-order chi connectivity index (χ1) is 13.7. The van der Waals surface area contributed by atoms with Crippen LogP contribution in [0.25, 0.3) is 11.1 Å². The van der Waals surface area contributed by atoms with E-state index in [1.54, 1.807) is 6.07 Å². The third-order valence-electron chi connectivity index (χ3n) is 3.95. The van der Waals surface area contributed by atoms with Crippen LogP contribution in [0.4, 0.5) is 5.82 Å². The zero-order chi connectivity index (χ0) is 21.6. The number of nitrogen functional groups attached to an aromatic ring is 1. The number of phenols is 1. The lowest BCUT2D eigenvalue weighted by molar-refractivity contribution is 0.373. The van der Waals surface area contributed by atoms with Crippen molar-refractivity contribution in [3.05, 3.63) is 29.3 Å². The second-order valence-corrected chi connectivity index (χ2v) is 8.78. The van der Waals surface area contributed by atoms with E-state index in [-0.39, 0.29) is 34.2 Å². The van der Waals surface area contributed by atoms with Gasteiger partial charge in [-0.25, -0.2) is 18.5 Å². The minimum absolute atomic E-state index is 0.0272. The molecule has 1 aromatic heterocycles. The zero-order valence-electron chi connectivity index (χ0n) is 15.5. The Morgan fingerprint density at radius 3 is 2.52 bits per heavy atom. The number of nitrogens with zero attached hydrogens (tertiary/aromatic N) is 3. The van der Waals surface area contributed by atoms with Gasteiger partial charge in [0.25, 0.3) is 0 Å². The highest BCUT2D eigenvalue weighted by atomic mass is 32.2. The number of methoxy groups -OCH3 is 1. The fourth-order valence-electron chi connectivity index (χ4n) is 2.60. The molecule has 0 saturated heterocycles. The number of primary sulfonamides is 1. The molecular weight excluding hydrogens is 414 g/mol. The number of thioether (sulfide) groups is 1. The van der Waals surface area contributed by atoms with Crippen LogP contribution >= 0.6 is 11.8 Å². The summed E-state index contributed by atoms with van der Waals surface area (Å²) in [6, 6.07) is 8.50. The first-order valence-electron chi connectivity index (χ1n) is 8.36. The summed E-state index contributed by atoms with van der Waals surface area (Å²) in [6.07, 6.45) is 0.914. The summed E-state index contributed by atoms with van der Waals surface area (Å²) >= 11 is 1.24. The number of hydrogen-bond donors (Lipinski definition) is 3. The molecule has 1 heterocycles. The van der Waals surface area contributed by atoms with Crippen LogP contribution in [0.15, 0.2) is 23.2 Å². The van der Waals surface area contributed by atoms with Crippen molar-refractivity contribution in [3.63, 3.8) is 0 Å². The van der Waals surface area contributed by atoms with E-state index in [1.807, 2.05) is 6.07 Å². The van der Waals surface area contributed by atoms with Crippen LogP contribution in [0.1, 0.15) is 24.0 Å². The number of aromatic hydroxyl groups is 1. The molecule has 0 aliphatic carbocycles. The van der Waals surface area contributed by atoms with Crippen molar-refractivity contribution in [2.75, 3.05) is 24.3 Å². The molecule has 5 N–H and O–H groups in total. The van der Waals surface area contributed by atoms with Gasteiger partial charge in [-0.05, 0) is 36.3 Å². The Labute approximate surface area is 173 Å². The van der Waals surface area contributed by atoms with Crippen LogP contribution in [0.2, 0.25) is 0 Å². The lowest BCUT2D eigenvalue weighted by Crippen LogP contribution is -2.16. The molecule has 0 spiro atoms.